The molecule has 100 valence electrons. The zero-order valence-corrected chi connectivity index (χ0v) is 11.6. The largest absolute Gasteiger partial charge is 0.320 e. The maximum Gasteiger partial charge on any atom is 0.275 e. The average molecular weight is 264 g/mol. The maximum absolute atomic E-state index is 12.0. The van der Waals surface area contributed by atoms with Crippen molar-refractivity contribution in [3.8, 4) is 0 Å². The Labute approximate surface area is 118 Å². The van der Waals surface area contributed by atoms with Crippen LogP contribution in [0, 0.1) is 0 Å². The molecule has 20 heavy (non-hydrogen) atoms. The van der Waals surface area contributed by atoms with Gasteiger partial charge in [0.25, 0.3) is 5.91 Å². The number of amides is 1. The Morgan fingerprint density at radius 1 is 1.00 bits per heavy atom. The monoisotopic (exact) mass is 264 g/mol. The number of para-hydroxylation sites is 1. The second kappa shape index (κ2) is 4.93. The summed E-state index contributed by atoms with van der Waals surface area (Å²) >= 11 is 0. The minimum atomic E-state index is -0.140. The van der Waals surface area contributed by atoms with Crippen molar-refractivity contribution < 1.29 is 4.79 Å². The highest BCUT2D eigenvalue weighted by atomic mass is 16.2. The SMILES string of the molecule is CC(C)c1ccc(N=C2C(=O)Nc3ccccc32)cc1. The Hall–Kier alpha value is -2.42. The third kappa shape index (κ3) is 2.23. The Morgan fingerprint density at radius 2 is 1.70 bits per heavy atom. The van der Waals surface area contributed by atoms with E-state index in [0.29, 0.717) is 11.6 Å². The van der Waals surface area contributed by atoms with Gasteiger partial charge in [-0.05, 0) is 29.7 Å². The Bertz CT molecular complexity index is 684. The molecule has 0 aromatic heterocycles. The molecule has 0 aliphatic carbocycles. The van der Waals surface area contributed by atoms with Crippen LogP contribution in [0.25, 0.3) is 0 Å². The topological polar surface area (TPSA) is 41.5 Å². The van der Waals surface area contributed by atoms with Gasteiger partial charge in [-0.3, -0.25) is 4.79 Å². The first kappa shape index (κ1) is 12.6. The summed E-state index contributed by atoms with van der Waals surface area (Å²) < 4.78 is 0. The van der Waals surface area contributed by atoms with Crippen LogP contribution in [0.4, 0.5) is 11.4 Å². The first-order valence-electron chi connectivity index (χ1n) is 6.74. The van der Waals surface area contributed by atoms with Crippen molar-refractivity contribution in [2.24, 2.45) is 4.99 Å². The highest BCUT2D eigenvalue weighted by Gasteiger charge is 2.25. The second-order valence-corrected chi connectivity index (χ2v) is 5.21. The number of anilines is 1. The second-order valence-electron chi connectivity index (χ2n) is 5.21. The first-order chi connectivity index (χ1) is 9.65. The van der Waals surface area contributed by atoms with Crippen LogP contribution in [0.3, 0.4) is 0 Å². The van der Waals surface area contributed by atoms with E-state index in [4.69, 9.17) is 0 Å². The van der Waals surface area contributed by atoms with Gasteiger partial charge in [0.15, 0.2) is 0 Å². The summed E-state index contributed by atoms with van der Waals surface area (Å²) in [5.74, 6) is 0.353. The smallest absolute Gasteiger partial charge is 0.275 e. The molecule has 0 atom stereocenters. The number of nitrogens with one attached hydrogen (secondary N) is 1. The van der Waals surface area contributed by atoms with Gasteiger partial charge in [-0.1, -0.05) is 44.2 Å². The molecule has 1 heterocycles. The number of hydrogen-bond donors (Lipinski definition) is 1. The number of carbonyl (C=O) groups is 1. The number of nitrogens with zero attached hydrogens (tertiary/aromatic N) is 1. The van der Waals surface area contributed by atoms with Crippen LogP contribution in [0.15, 0.2) is 53.5 Å². The predicted molar refractivity (Wildman–Crippen MR) is 81.8 cm³/mol. The van der Waals surface area contributed by atoms with Crippen LogP contribution < -0.4 is 5.32 Å². The van der Waals surface area contributed by atoms with Crippen molar-refractivity contribution in [3.05, 3.63) is 59.7 Å². The number of rotatable bonds is 2. The summed E-state index contributed by atoms with van der Waals surface area (Å²) in [6, 6.07) is 15.6. The van der Waals surface area contributed by atoms with Gasteiger partial charge in [0.2, 0.25) is 0 Å². The van der Waals surface area contributed by atoms with Crippen LogP contribution >= 0.6 is 0 Å². The molecule has 0 saturated carbocycles. The van der Waals surface area contributed by atoms with Crippen molar-refractivity contribution in [2.45, 2.75) is 19.8 Å². The minimum Gasteiger partial charge on any atom is -0.320 e. The van der Waals surface area contributed by atoms with Gasteiger partial charge in [-0.2, -0.15) is 0 Å². The maximum atomic E-state index is 12.0. The highest BCUT2D eigenvalue weighted by molar-refractivity contribution is 6.54. The molecule has 0 radical (unpaired) electrons. The molecule has 1 N–H and O–H groups in total. The van der Waals surface area contributed by atoms with Gasteiger partial charge < -0.3 is 5.32 Å². The van der Waals surface area contributed by atoms with E-state index in [9.17, 15) is 4.79 Å². The molecule has 3 heteroatoms. The molecule has 3 nitrogen and oxygen atoms in total. The predicted octanol–water partition coefficient (Wildman–Crippen LogP) is 3.88. The minimum absolute atomic E-state index is 0.140. The number of hydrogen-bond acceptors (Lipinski definition) is 2. The molecule has 0 fully saturated rings. The molecule has 0 bridgehead atoms. The molecule has 0 spiro atoms. The first-order valence-corrected chi connectivity index (χ1v) is 6.74. The van der Waals surface area contributed by atoms with Crippen molar-refractivity contribution in [2.75, 3.05) is 5.32 Å². The average Bonchev–Trinajstić information content (AvgIpc) is 2.76. The molecule has 0 saturated heterocycles. The molecule has 0 unspecified atom stereocenters. The van der Waals surface area contributed by atoms with Crippen LogP contribution in [-0.4, -0.2) is 11.6 Å². The zero-order chi connectivity index (χ0) is 14.1. The third-order valence-electron chi connectivity index (χ3n) is 3.45. The number of fused-ring (bicyclic) bond motifs is 1. The quantitative estimate of drug-likeness (QED) is 0.878. The Morgan fingerprint density at radius 3 is 2.40 bits per heavy atom. The highest BCUT2D eigenvalue weighted by Crippen LogP contribution is 2.26. The number of carbonyl (C=O) groups excluding carboxylic acids is 1. The molecule has 2 aromatic carbocycles. The van der Waals surface area contributed by atoms with Gasteiger partial charge in [-0.15, -0.1) is 0 Å². The fourth-order valence-corrected chi connectivity index (χ4v) is 2.28. The Kier molecular flexibility index (Phi) is 3.11. The van der Waals surface area contributed by atoms with Gasteiger partial charge in [0, 0.05) is 5.56 Å². The van der Waals surface area contributed by atoms with E-state index in [1.165, 1.54) is 5.56 Å². The van der Waals surface area contributed by atoms with E-state index in [-0.39, 0.29) is 5.91 Å². The lowest BCUT2D eigenvalue weighted by Gasteiger charge is -2.05. The van der Waals surface area contributed by atoms with E-state index in [2.05, 4.69) is 36.3 Å². The summed E-state index contributed by atoms with van der Waals surface area (Å²) in [6.07, 6.45) is 0. The Balaban J connectivity index is 1.98. The molecule has 1 aliphatic rings. The summed E-state index contributed by atoms with van der Waals surface area (Å²) in [6.45, 7) is 4.31. The van der Waals surface area contributed by atoms with Crippen LogP contribution in [-0.2, 0) is 4.79 Å². The van der Waals surface area contributed by atoms with E-state index in [1.54, 1.807) is 0 Å². The summed E-state index contributed by atoms with van der Waals surface area (Å²) in [7, 11) is 0. The number of benzene rings is 2. The van der Waals surface area contributed by atoms with E-state index < -0.39 is 0 Å². The lowest BCUT2D eigenvalue weighted by Crippen LogP contribution is -2.13. The van der Waals surface area contributed by atoms with Crippen LogP contribution in [0.5, 0.6) is 0 Å². The summed E-state index contributed by atoms with van der Waals surface area (Å²) in [5, 5.41) is 2.83. The van der Waals surface area contributed by atoms with Crippen molar-refractivity contribution in [1.82, 2.24) is 0 Å². The van der Waals surface area contributed by atoms with Crippen molar-refractivity contribution >= 4 is 23.0 Å². The molecule has 1 amide bonds. The fourth-order valence-electron chi connectivity index (χ4n) is 2.28. The van der Waals surface area contributed by atoms with Gasteiger partial charge in [0.05, 0.1) is 11.4 Å². The fraction of sp³-hybridized carbons (Fsp3) is 0.176. The lowest BCUT2D eigenvalue weighted by molar-refractivity contribution is -0.110. The molecule has 2 aromatic rings. The lowest BCUT2D eigenvalue weighted by atomic mass is 10.0. The van der Waals surface area contributed by atoms with Gasteiger partial charge in [0.1, 0.15) is 5.71 Å². The zero-order valence-electron chi connectivity index (χ0n) is 11.6. The normalized spacial score (nSPS) is 15.6. The summed E-state index contributed by atoms with van der Waals surface area (Å²) in [4.78, 5) is 16.5. The van der Waals surface area contributed by atoms with Gasteiger partial charge >= 0.3 is 0 Å². The van der Waals surface area contributed by atoms with E-state index in [1.807, 2.05) is 36.4 Å². The van der Waals surface area contributed by atoms with E-state index in [0.717, 1.165) is 16.9 Å². The van der Waals surface area contributed by atoms with Crippen molar-refractivity contribution in [1.29, 1.82) is 0 Å². The molecular weight excluding hydrogens is 248 g/mol. The van der Waals surface area contributed by atoms with Gasteiger partial charge in [-0.25, -0.2) is 4.99 Å². The molecule has 3 rings (SSSR count). The number of aliphatic imine (C=N–C) groups is 1. The third-order valence-corrected chi connectivity index (χ3v) is 3.45. The van der Waals surface area contributed by atoms with Crippen LogP contribution in [0.2, 0.25) is 0 Å². The van der Waals surface area contributed by atoms with Crippen molar-refractivity contribution in [3.63, 3.8) is 0 Å². The molecule has 1 aliphatic heterocycles. The van der Waals surface area contributed by atoms with Crippen LogP contribution in [0.1, 0.15) is 30.9 Å². The molecular formula is C17H16N2O. The standard InChI is InChI=1S/C17H16N2O/c1-11(2)12-7-9-13(10-8-12)18-16-14-5-3-4-6-15(14)19-17(16)20/h3-11H,1-2H3,(H,18,19,20). The van der Waals surface area contributed by atoms with E-state index >= 15 is 0 Å². The summed E-state index contributed by atoms with van der Waals surface area (Å²) in [5.41, 5.74) is 4.25.